The maximum absolute atomic E-state index is 11.2. The number of nitrogens with one attached hydrogen (secondary N) is 1. The van der Waals surface area contributed by atoms with Gasteiger partial charge in [0.05, 0.1) is 12.6 Å². The van der Waals surface area contributed by atoms with Crippen LogP contribution in [0.3, 0.4) is 0 Å². The second-order valence-corrected chi connectivity index (χ2v) is 5.05. The molecule has 2 rings (SSSR count). The molecule has 0 radical (unpaired) electrons. The SMILES string of the molecule is CCCOc1ccc(C2CCNC(C(N)=O)C2)cc1. The van der Waals surface area contributed by atoms with Crippen LogP contribution in [-0.2, 0) is 4.79 Å². The lowest BCUT2D eigenvalue weighted by Crippen LogP contribution is -2.46. The van der Waals surface area contributed by atoms with Crippen molar-refractivity contribution < 1.29 is 9.53 Å². The molecule has 1 aromatic rings. The molecule has 0 bridgehead atoms. The molecule has 0 spiro atoms. The summed E-state index contributed by atoms with van der Waals surface area (Å²) >= 11 is 0. The maximum Gasteiger partial charge on any atom is 0.234 e. The van der Waals surface area contributed by atoms with E-state index in [9.17, 15) is 4.79 Å². The smallest absolute Gasteiger partial charge is 0.234 e. The Balaban J connectivity index is 1.99. The first-order chi connectivity index (χ1) is 9.20. The summed E-state index contributed by atoms with van der Waals surface area (Å²) in [6.07, 6.45) is 2.83. The molecule has 0 aromatic heterocycles. The van der Waals surface area contributed by atoms with E-state index < -0.39 is 0 Å². The number of piperidine rings is 1. The van der Waals surface area contributed by atoms with Gasteiger partial charge in [-0.3, -0.25) is 4.79 Å². The first-order valence-corrected chi connectivity index (χ1v) is 6.96. The number of amides is 1. The van der Waals surface area contributed by atoms with Gasteiger partial charge >= 0.3 is 0 Å². The number of carbonyl (C=O) groups is 1. The third-order valence-electron chi connectivity index (χ3n) is 3.57. The van der Waals surface area contributed by atoms with Gasteiger partial charge in [0.15, 0.2) is 0 Å². The molecule has 3 N–H and O–H groups in total. The third kappa shape index (κ3) is 3.70. The summed E-state index contributed by atoms with van der Waals surface area (Å²) < 4.78 is 5.57. The van der Waals surface area contributed by atoms with Crippen LogP contribution in [0.25, 0.3) is 0 Å². The molecule has 1 saturated heterocycles. The Morgan fingerprint density at radius 3 is 2.79 bits per heavy atom. The molecular weight excluding hydrogens is 240 g/mol. The number of nitrogens with two attached hydrogens (primary N) is 1. The molecule has 1 heterocycles. The van der Waals surface area contributed by atoms with Gasteiger partial charge in [0.25, 0.3) is 0 Å². The summed E-state index contributed by atoms with van der Waals surface area (Å²) in [6.45, 7) is 3.68. The van der Waals surface area contributed by atoms with Gasteiger partial charge in [-0.15, -0.1) is 0 Å². The normalized spacial score (nSPS) is 23.0. The number of benzene rings is 1. The van der Waals surface area contributed by atoms with E-state index in [0.29, 0.717) is 5.92 Å². The lowest BCUT2D eigenvalue weighted by atomic mass is 9.86. The average Bonchev–Trinajstić information content (AvgIpc) is 2.46. The van der Waals surface area contributed by atoms with Crippen LogP contribution in [0.15, 0.2) is 24.3 Å². The zero-order valence-corrected chi connectivity index (χ0v) is 11.4. The number of hydrogen-bond acceptors (Lipinski definition) is 3. The predicted molar refractivity (Wildman–Crippen MR) is 75.2 cm³/mol. The summed E-state index contributed by atoms with van der Waals surface area (Å²) in [6, 6.07) is 8.01. The Labute approximate surface area is 114 Å². The minimum absolute atomic E-state index is 0.199. The molecule has 1 fully saturated rings. The first kappa shape index (κ1) is 13.9. The molecule has 104 valence electrons. The topological polar surface area (TPSA) is 64.3 Å². The van der Waals surface area contributed by atoms with E-state index in [2.05, 4.69) is 24.4 Å². The Morgan fingerprint density at radius 1 is 1.42 bits per heavy atom. The van der Waals surface area contributed by atoms with E-state index in [0.717, 1.165) is 38.2 Å². The van der Waals surface area contributed by atoms with Gasteiger partial charge < -0.3 is 15.8 Å². The number of ether oxygens (including phenoxy) is 1. The highest BCUT2D eigenvalue weighted by molar-refractivity contribution is 5.80. The van der Waals surface area contributed by atoms with E-state index in [-0.39, 0.29) is 11.9 Å². The van der Waals surface area contributed by atoms with Crippen LogP contribution in [0.5, 0.6) is 5.75 Å². The Kier molecular flexibility index (Phi) is 4.80. The largest absolute Gasteiger partial charge is 0.494 e. The van der Waals surface area contributed by atoms with Gasteiger partial charge in [0.1, 0.15) is 5.75 Å². The predicted octanol–water partition coefficient (Wildman–Crippen LogP) is 1.80. The molecule has 1 amide bonds. The molecule has 2 atom stereocenters. The van der Waals surface area contributed by atoms with Gasteiger partial charge in [-0.2, -0.15) is 0 Å². The van der Waals surface area contributed by atoms with E-state index in [1.807, 2.05) is 12.1 Å². The molecule has 1 aliphatic heterocycles. The van der Waals surface area contributed by atoms with Crippen LogP contribution >= 0.6 is 0 Å². The van der Waals surface area contributed by atoms with Gasteiger partial charge in [0, 0.05) is 0 Å². The Morgan fingerprint density at radius 2 is 2.16 bits per heavy atom. The lowest BCUT2D eigenvalue weighted by Gasteiger charge is -2.28. The molecule has 0 aliphatic carbocycles. The van der Waals surface area contributed by atoms with Crippen LogP contribution in [0.1, 0.15) is 37.7 Å². The van der Waals surface area contributed by atoms with Crippen LogP contribution in [0.4, 0.5) is 0 Å². The van der Waals surface area contributed by atoms with Crippen molar-refractivity contribution in [2.24, 2.45) is 5.73 Å². The van der Waals surface area contributed by atoms with Crippen LogP contribution in [0.2, 0.25) is 0 Å². The molecule has 1 aromatic carbocycles. The fourth-order valence-electron chi connectivity index (χ4n) is 2.49. The van der Waals surface area contributed by atoms with Gasteiger partial charge in [-0.1, -0.05) is 19.1 Å². The molecule has 1 aliphatic rings. The highest BCUT2D eigenvalue weighted by atomic mass is 16.5. The van der Waals surface area contributed by atoms with Crippen molar-refractivity contribution in [2.75, 3.05) is 13.2 Å². The Hall–Kier alpha value is -1.55. The van der Waals surface area contributed by atoms with Crippen LogP contribution in [-0.4, -0.2) is 25.1 Å². The summed E-state index contributed by atoms with van der Waals surface area (Å²) in [5.74, 6) is 1.05. The van der Waals surface area contributed by atoms with Crippen molar-refractivity contribution in [2.45, 2.75) is 38.1 Å². The van der Waals surface area contributed by atoms with Crippen LogP contribution < -0.4 is 15.8 Å². The van der Waals surface area contributed by atoms with Crippen molar-refractivity contribution in [3.8, 4) is 5.75 Å². The first-order valence-electron chi connectivity index (χ1n) is 6.96. The quantitative estimate of drug-likeness (QED) is 0.850. The zero-order chi connectivity index (χ0) is 13.7. The van der Waals surface area contributed by atoms with Crippen molar-refractivity contribution in [3.63, 3.8) is 0 Å². The summed E-state index contributed by atoms with van der Waals surface area (Å²) in [7, 11) is 0. The highest BCUT2D eigenvalue weighted by Gasteiger charge is 2.25. The number of primary amides is 1. The zero-order valence-electron chi connectivity index (χ0n) is 11.4. The fourth-order valence-corrected chi connectivity index (χ4v) is 2.49. The minimum Gasteiger partial charge on any atom is -0.494 e. The van der Waals surface area contributed by atoms with Gasteiger partial charge in [-0.05, 0) is 49.4 Å². The third-order valence-corrected chi connectivity index (χ3v) is 3.57. The van der Waals surface area contributed by atoms with Crippen molar-refractivity contribution in [1.82, 2.24) is 5.32 Å². The number of rotatable bonds is 5. The van der Waals surface area contributed by atoms with Crippen LogP contribution in [0, 0.1) is 0 Å². The minimum atomic E-state index is -0.257. The van der Waals surface area contributed by atoms with E-state index in [1.165, 1.54) is 5.56 Å². The second kappa shape index (κ2) is 6.57. The molecule has 19 heavy (non-hydrogen) atoms. The second-order valence-electron chi connectivity index (χ2n) is 5.05. The molecule has 4 heteroatoms. The van der Waals surface area contributed by atoms with Crippen molar-refractivity contribution in [3.05, 3.63) is 29.8 Å². The lowest BCUT2D eigenvalue weighted by molar-refractivity contribution is -0.120. The molecular formula is C15H22N2O2. The molecule has 0 saturated carbocycles. The molecule has 4 nitrogen and oxygen atoms in total. The standard InChI is InChI=1S/C15H22N2O2/c1-2-9-19-13-5-3-11(4-6-13)12-7-8-17-14(10-12)15(16)18/h3-6,12,14,17H,2,7-10H2,1H3,(H2,16,18). The van der Waals surface area contributed by atoms with Gasteiger partial charge in [-0.25, -0.2) is 0 Å². The summed E-state index contributed by atoms with van der Waals surface area (Å²) in [5, 5.41) is 3.16. The number of hydrogen-bond donors (Lipinski definition) is 2. The fraction of sp³-hybridized carbons (Fsp3) is 0.533. The highest BCUT2D eigenvalue weighted by Crippen LogP contribution is 2.28. The summed E-state index contributed by atoms with van der Waals surface area (Å²) in [4.78, 5) is 11.2. The summed E-state index contributed by atoms with van der Waals surface area (Å²) in [5.41, 5.74) is 6.63. The van der Waals surface area contributed by atoms with E-state index in [4.69, 9.17) is 10.5 Å². The van der Waals surface area contributed by atoms with Gasteiger partial charge in [0.2, 0.25) is 5.91 Å². The van der Waals surface area contributed by atoms with E-state index >= 15 is 0 Å². The Bertz CT molecular complexity index is 417. The monoisotopic (exact) mass is 262 g/mol. The molecule has 2 unspecified atom stereocenters. The van der Waals surface area contributed by atoms with E-state index in [1.54, 1.807) is 0 Å². The van der Waals surface area contributed by atoms with Crippen molar-refractivity contribution in [1.29, 1.82) is 0 Å². The number of carbonyl (C=O) groups excluding carboxylic acids is 1. The van der Waals surface area contributed by atoms with Crippen molar-refractivity contribution >= 4 is 5.91 Å². The maximum atomic E-state index is 11.2. The average molecular weight is 262 g/mol.